The topological polar surface area (TPSA) is 56.7 Å². The van der Waals surface area contributed by atoms with Crippen LogP contribution in [0.25, 0.3) is 0 Å². The van der Waals surface area contributed by atoms with E-state index in [0.717, 1.165) is 25.5 Å². The largest absolute Gasteiger partial charge is 0.357 e. The van der Waals surface area contributed by atoms with Crippen molar-refractivity contribution in [1.82, 2.24) is 15.5 Å². The minimum Gasteiger partial charge on any atom is -0.357 e. The molecule has 0 radical (unpaired) electrons. The van der Waals surface area contributed by atoms with E-state index in [1.54, 1.807) is 24.6 Å². The highest BCUT2D eigenvalue weighted by Crippen LogP contribution is 2.19. The first-order chi connectivity index (χ1) is 9.63. The third-order valence-corrected chi connectivity index (χ3v) is 3.34. The molecule has 0 aliphatic heterocycles. The van der Waals surface area contributed by atoms with Crippen molar-refractivity contribution in [2.24, 2.45) is 4.99 Å². The van der Waals surface area contributed by atoms with E-state index in [1.165, 1.54) is 25.7 Å². The van der Waals surface area contributed by atoms with Gasteiger partial charge in [-0.1, -0.05) is 11.6 Å². The minimum atomic E-state index is 0. The molecule has 1 aliphatic carbocycles. The Morgan fingerprint density at radius 3 is 2.67 bits per heavy atom. The third kappa shape index (κ3) is 8.95. The summed E-state index contributed by atoms with van der Waals surface area (Å²) in [6.45, 7) is 3.87. The number of aliphatic imine (C=N–C) groups is 1. The van der Waals surface area contributed by atoms with Crippen LogP contribution in [-0.4, -0.2) is 50.5 Å². The van der Waals surface area contributed by atoms with Crippen molar-refractivity contribution >= 4 is 35.8 Å². The number of hydrogen-bond donors (Lipinski definition) is 2. The summed E-state index contributed by atoms with van der Waals surface area (Å²) in [5, 5.41) is 6.45. The molecule has 0 fully saturated rings. The zero-order chi connectivity index (χ0) is 14.8. The van der Waals surface area contributed by atoms with E-state index in [2.05, 4.69) is 21.7 Å². The predicted molar refractivity (Wildman–Crippen MR) is 99.3 cm³/mol. The van der Waals surface area contributed by atoms with Gasteiger partial charge in [0.05, 0.1) is 0 Å². The minimum absolute atomic E-state index is 0. The Bertz CT molecular complexity index is 367. The SMILES string of the molecule is CCNC(=NCC(=O)N(C)C)NCCC1=CCCCC1.I. The van der Waals surface area contributed by atoms with Gasteiger partial charge in [-0.3, -0.25) is 4.79 Å². The second-order valence-electron chi connectivity index (χ2n) is 5.27. The van der Waals surface area contributed by atoms with Crippen LogP contribution in [-0.2, 0) is 4.79 Å². The van der Waals surface area contributed by atoms with Crippen LogP contribution in [0.4, 0.5) is 0 Å². The molecular weight excluding hydrogens is 379 g/mol. The lowest BCUT2D eigenvalue weighted by Crippen LogP contribution is -2.39. The number of likely N-dealkylation sites (N-methyl/N-ethyl adjacent to an activating group) is 1. The zero-order valence-electron chi connectivity index (χ0n) is 13.4. The molecule has 1 rings (SSSR count). The molecule has 21 heavy (non-hydrogen) atoms. The van der Waals surface area contributed by atoms with Crippen LogP contribution in [0, 0.1) is 0 Å². The molecule has 0 spiro atoms. The molecule has 0 aromatic heterocycles. The molecule has 0 unspecified atom stereocenters. The van der Waals surface area contributed by atoms with Gasteiger partial charge >= 0.3 is 0 Å². The monoisotopic (exact) mass is 408 g/mol. The van der Waals surface area contributed by atoms with E-state index in [-0.39, 0.29) is 36.4 Å². The number of allylic oxidation sites excluding steroid dienone is 1. The van der Waals surface area contributed by atoms with E-state index in [9.17, 15) is 4.79 Å². The van der Waals surface area contributed by atoms with E-state index >= 15 is 0 Å². The number of nitrogens with zero attached hydrogens (tertiary/aromatic N) is 2. The lowest BCUT2D eigenvalue weighted by molar-refractivity contribution is -0.127. The first-order valence-corrected chi connectivity index (χ1v) is 7.53. The van der Waals surface area contributed by atoms with Crippen molar-refractivity contribution in [1.29, 1.82) is 0 Å². The Kier molecular flexibility index (Phi) is 11.4. The van der Waals surface area contributed by atoms with Gasteiger partial charge in [-0.25, -0.2) is 4.99 Å². The summed E-state index contributed by atoms with van der Waals surface area (Å²) in [4.78, 5) is 17.4. The van der Waals surface area contributed by atoms with Crippen molar-refractivity contribution in [2.75, 3.05) is 33.7 Å². The van der Waals surface area contributed by atoms with E-state index < -0.39 is 0 Å². The summed E-state index contributed by atoms with van der Waals surface area (Å²) >= 11 is 0. The van der Waals surface area contributed by atoms with Crippen molar-refractivity contribution in [3.8, 4) is 0 Å². The van der Waals surface area contributed by atoms with Gasteiger partial charge in [0, 0.05) is 27.2 Å². The lowest BCUT2D eigenvalue weighted by atomic mass is 9.97. The maximum Gasteiger partial charge on any atom is 0.243 e. The van der Waals surface area contributed by atoms with Crippen LogP contribution in [0.1, 0.15) is 39.0 Å². The Labute approximate surface area is 145 Å². The molecule has 0 saturated heterocycles. The molecule has 2 N–H and O–H groups in total. The summed E-state index contributed by atoms with van der Waals surface area (Å²) in [6.07, 6.45) is 8.52. The smallest absolute Gasteiger partial charge is 0.243 e. The number of amides is 1. The van der Waals surface area contributed by atoms with Crippen LogP contribution < -0.4 is 10.6 Å². The van der Waals surface area contributed by atoms with Crippen molar-refractivity contribution < 1.29 is 4.79 Å². The molecule has 0 heterocycles. The Morgan fingerprint density at radius 1 is 1.33 bits per heavy atom. The molecule has 6 heteroatoms. The Balaban J connectivity index is 0.00000400. The summed E-state index contributed by atoms with van der Waals surface area (Å²) in [5.41, 5.74) is 1.55. The van der Waals surface area contributed by atoms with Crippen LogP contribution in [0.5, 0.6) is 0 Å². The average molecular weight is 408 g/mol. The molecule has 0 aromatic rings. The van der Waals surface area contributed by atoms with Crippen LogP contribution >= 0.6 is 24.0 Å². The van der Waals surface area contributed by atoms with E-state index in [0.29, 0.717) is 0 Å². The molecule has 122 valence electrons. The van der Waals surface area contributed by atoms with Gasteiger partial charge in [0.1, 0.15) is 6.54 Å². The third-order valence-electron chi connectivity index (χ3n) is 3.34. The second-order valence-corrected chi connectivity index (χ2v) is 5.27. The van der Waals surface area contributed by atoms with Gasteiger partial charge in [-0.2, -0.15) is 0 Å². The highest BCUT2D eigenvalue weighted by Gasteiger charge is 2.05. The van der Waals surface area contributed by atoms with Crippen molar-refractivity contribution in [2.45, 2.75) is 39.0 Å². The number of carbonyl (C=O) groups is 1. The number of carbonyl (C=O) groups excluding carboxylic acids is 1. The number of halogens is 1. The fourth-order valence-corrected chi connectivity index (χ4v) is 2.10. The predicted octanol–water partition coefficient (Wildman–Crippen LogP) is 2.14. The first-order valence-electron chi connectivity index (χ1n) is 7.53. The zero-order valence-corrected chi connectivity index (χ0v) is 15.8. The van der Waals surface area contributed by atoms with Gasteiger partial charge in [-0.15, -0.1) is 24.0 Å². The number of rotatable bonds is 6. The average Bonchev–Trinajstić information content (AvgIpc) is 2.45. The van der Waals surface area contributed by atoms with Gasteiger partial charge < -0.3 is 15.5 Å². The molecule has 0 bridgehead atoms. The van der Waals surface area contributed by atoms with Gasteiger partial charge in [0.15, 0.2) is 5.96 Å². The van der Waals surface area contributed by atoms with Crippen molar-refractivity contribution in [3.63, 3.8) is 0 Å². The Morgan fingerprint density at radius 2 is 2.10 bits per heavy atom. The van der Waals surface area contributed by atoms with Gasteiger partial charge in [0.25, 0.3) is 0 Å². The maximum atomic E-state index is 11.5. The fraction of sp³-hybridized carbons (Fsp3) is 0.733. The van der Waals surface area contributed by atoms with Crippen LogP contribution in [0.3, 0.4) is 0 Å². The molecule has 0 aromatic carbocycles. The van der Waals surface area contributed by atoms with E-state index in [1.807, 2.05) is 6.92 Å². The molecule has 1 amide bonds. The number of hydrogen-bond acceptors (Lipinski definition) is 2. The van der Waals surface area contributed by atoms with Crippen LogP contribution in [0.15, 0.2) is 16.6 Å². The first kappa shape index (κ1) is 20.2. The van der Waals surface area contributed by atoms with Gasteiger partial charge in [-0.05, 0) is 39.0 Å². The van der Waals surface area contributed by atoms with Gasteiger partial charge in [0.2, 0.25) is 5.91 Å². The summed E-state index contributed by atoms with van der Waals surface area (Å²) in [5.74, 6) is 0.733. The highest BCUT2D eigenvalue weighted by molar-refractivity contribution is 14.0. The maximum absolute atomic E-state index is 11.5. The normalized spacial score (nSPS) is 14.8. The molecule has 5 nitrogen and oxygen atoms in total. The quantitative estimate of drug-likeness (QED) is 0.307. The lowest BCUT2D eigenvalue weighted by Gasteiger charge is -2.15. The highest BCUT2D eigenvalue weighted by atomic mass is 127. The molecule has 1 aliphatic rings. The van der Waals surface area contributed by atoms with E-state index in [4.69, 9.17) is 0 Å². The summed E-state index contributed by atoms with van der Waals surface area (Å²) < 4.78 is 0. The standard InChI is InChI=1S/C15H28N4O.HI/c1-4-16-15(18-12-14(20)19(2)3)17-11-10-13-8-6-5-7-9-13;/h8H,4-7,9-12H2,1-3H3,(H2,16,17,18);1H. The molecular formula is C15H29IN4O. The number of nitrogens with one attached hydrogen (secondary N) is 2. The molecule has 0 saturated carbocycles. The fourth-order valence-electron chi connectivity index (χ4n) is 2.10. The summed E-state index contributed by atoms with van der Waals surface area (Å²) in [7, 11) is 3.49. The summed E-state index contributed by atoms with van der Waals surface area (Å²) in [6, 6.07) is 0. The second kappa shape index (κ2) is 11.8. The van der Waals surface area contributed by atoms with Crippen molar-refractivity contribution in [3.05, 3.63) is 11.6 Å². The number of guanidine groups is 1. The van der Waals surface area contributed by atoms with Crippen LogP contribution in [0.2, 0.25) is 0 Å². The molecule has 0 atom stereocenters. The Hall–Kier alpha value is -0.790.